The first-order valence-electron chi connectivity index (χ1n) is 10.5. The highest BCUT2D eigenvalue weighted by atomic mass is 127. The van der Waals surface area contributed by atoms with Crippen molar-refractivity contribution in [3.63, 3.8) is 0 Å². The van der Waals surface area contributed by atoms with Gasteiger partial charge in [-0.2, -0.15) is 10.4 Å². The Kier molecular flexibility index (Phi) is 10.0. The van der Waals surface area contributed by atoms with Crippen LogP contribution in [-0.4, -0.2) is 29.3 Å². The Balaban J connectivity index is 0.00000363. The van der Waals surface area contributed by atoms with Crippen molar-refractivity contribution in [3.05, 3.63) is 77.0 Å². The maximum atomic E-state index is 9.54. The standard InChI is InChI=1S/C24H29N7.HI/c1-3-18-10-7-8-11-19(18)17-29-24(27-2)28-15-9-14-22-21(16-25)23(26)31(30-22)20-12-5-4-6-13-20;/h4-8,10-13H,3,9,14-15,17,26H2,1-2H3,(H2,27,28,29);1H. The Morgan fingerprint density at radius 1 is 1.09 bits per heavy atom. The average Bonchev–Trinajstić information content (AvgIpc) is 3.14. The molecule has 1 heterocycles. The van der Waals surface area contributed by atoms with E-state index in [9.17, 15) is 5.26 Å². The summed E-state index contributed by atoms with van der Waals surface area (Å²) in [7, 11) is 1.76. The number of aryl methyl sites for hydroxylation is 2. The second-order valence-electron chi connectivity index (χ2n) is 7.14. The molecule has 0 aliphatic rings. The Bertz CT molecular complexity index is 1070. The lowest BCUT2D eigenvalue weighted by Crippen LogP contribution is -2.37. The maximum Gasteiger partial charge on any atom is 0.191 e. The molecule has 0 aliphatic carbocycles. The molecule has 32 heavy (non-hydrogen) atoms. The molecule has 3 aromatic rings. The van der Waals surface area contributed by atoms with Gasteiger partial charge in [-0.25, -0.2) is 4.68 Å². The molecule has 3 rings (SSSR count). The number of nitrogen functional groups attached to an aromatic ring is 1. The van der Waals surface area contributed by atoms with Crippen molar-refractivity contribution >= 4 is 35.8 Å². The van der Waals surface area contributed by atoms with Crippen molar-refractivity contribution in [2.24, 2.45) is 4.99 Å². The molecule has 0 fully saturated rings. The fraction of sp³-hybridized carbons (Fsp3) is 0.292. The SMILES string of the molecule is CCc1ccccc1CNC(=NC)NCCCc1nn(-c2ccccc2)c(N)c1C#N.I. The van der Waals surface area contributed by atoms with E-state index in [0.717, 1.165) is 31.0 Å². The van der Waals surface area contributed by atoms with Gasteiger partial charge < -0.3 is 16.4 Å². The molecule has 7 nitrogen and oxygen atoms in total. The van der Waals surface area contributed by atoms with E-state index in [2.05, 4.69) is 58.0 Å². The number of hydrogen-bond donors (Lipinski definition) is 3. The van der Waals surface area contributed by atoms with E-state index in [1.165, 1.54) is 11.1 Å². The van der Waals surface area contributed by atoms with Crippen LogP contribution in [0.2, 0.25) is 0 Å². The van der Waals surface area contributed by atoms with Crippen molar-refractivity contribution < 1.29 is 0 Å². The van der Waals surface area contributed by atoms with Gasteiger partial charge in [-0.3, -0.25) is 4.99 Å². The molecule has 168 valence electrons. The molecule has 0 spiro atoms. The third-order valence-electron chi connectivity index (χ3n) is 5.16. The van der Waals surface area contributed by atoms with E-state index in [1.54, 1.807) is 11.7 Å². The van der Waals surface area contributed by atoms with Crippen LogP contribution >= 0.6 is 24.0 Å². The number of para-hydroxylation sites is 1. The minimum atomic E-state index is 0. The number of anilines is 1. The van der Waals surface area contributed by atoms with Gasteiger partial charge in [0.05, 0.1) is 11.4 Å². The van der Waals surface area contributed by atoms with Crippen LogP contribution in [0.5, 0.6) is 0 Å². The van der Waals surface area contributed by atoms with Gasteiger partial charge in [0, 0.05) is 20.1 Å². The summed E-state index contributed by atoms with van der Waals surface area (Å²) in [5.74, 6) is 1.13. The number of rotatable bonds is 8. The highest BCUT2D eigenvalue weighted by Crippen LogP contribution is 2.21. The lowest BCUT2D eigenvalue weighted by atomic mass is 10.1. The van der Waals surface area contributed by atoms with Crippen LogP contribution in [-0.2, 0) is 19.4 Å². The number of aliphatic imine (C=N–C) groups is 1. The predicted octanol–water partition coefficient (Wildman–Crippen LogP) is 3.80. The van der Waals surface area contributed by atoms with E-state index in [1.807, 2.05) is 30.3 Å². The number of nitrogens with zero attached hydrogens (tertiary/aromatic N) is 4. The smallest absolute Gasteiger partial charge is 0.191 e. The molecule has 0 bridgehead atoms. The van der Waals surface area contributed by atoms with Crippen LogP contribution in [0.1, 0.15) is 35.7 Å². The second-order valence-corrected chi connectivity index (χ2v) is 7.14. The number of aromatic nitrogens is 2. The van der Waals surface area contributed by atoms with Crippen molar-refractivity contribution in [3.8, 4) is 11.8 Å². The summed E-state index contributed by atoms with van der Waals surface area (Å²) >= 11 is 0. The topological polar surface area (TPSA) is 104 Å². The first-order valence-corrected chi connectivity index (χ1v) is 10.5. The minimum Gasteiger partial charge on any atom is -0.382 e. The summed E-state index contributed by atoms with van der Waals surface area (Å²) in [6.07, 6.45) is 2.45. The summed E-state index contributed by atoms with van der Waals surface area (Å²) in [4.78, 5) is 4.30. The fourth-order valence-electron chi connectivity index (χ4n) is 3.48. The Labute approximate surface area is 206 Å². The highest BCUT2D eigenvalue weighted by molar-refractivity contribution is 14.0. The molecule has 0 radical (unpaired) electrons. The van der Waals surface area contributed by atoms with Gasteiger partial charge in [-0.15, -0.1) is 24.0 Å². The molecule has 0 aliphatic heterocycles. The first-order chi connectivity index (χ1) is 15.2. The maximum absolute atomic E-state index is 9.54. The molecule has 0 amide bonds. The van der Waals surface area contributed by atoms with Crippen molar-refractivity contribution in [2.75, 3.05) is 19.3 Å². The van der Waals surface area contributed by atoms with Gasteiger partial charge in [0.25, 0.3) is 0 Å². The summed E-state index contributed by atoms with van der Waals surface area (Å²) in [5, 5.41) is 20.8. The van der Waals surface area contributed by atoms with Gasteiger partial charge in [-0.1, -0.05) is 49.4 Å². The third kappa shape index (κ3) is 6.23. The zero-order valence-electron chi connectivity index (χ0n) is 18.5. The molecule has 0 unspecified atom stereocenters. The molecular weight excluding hydrogens is 513 g/mol. The highest BCUT2D eigenvalue weighted by Gasteiger charge is 2.16. The van der Waals surface area contributed by atoms with Gasteiger partial charge in [0.15, 0.2) is 5.96 Å². The van der Waals surface area contributed by atoms with Gasteiger partial charge >= 0.3 is 0 Å². The number of nitrogens with two attached hydrogens (primary N) is 1. The molecule has 8 heteroatoms. The summed E-state index contributed by atoms with van der Waals surface area (Å²) in [6.45, 7) is 3.59. The quantitative estimate of drug-likeness (QED) is 0.174. The van der Waals surface area contributed by atoms with E-state index < -0.39 is 0 Å². The van der Waals surface area contributed by atoms with Crippen LogP contribution in [0.4, 0.5) is 5.82 Å². The molecule has 2 aromatic carbocycles. The van der Waals surface area contributed by atoms with Crippen LogP contribution in [0.15, 0.2) is 59.6 Å². The van der Waals surface area contributed by atoms with Gasteiger partial charge in [0.1, 0.15) is 17.5 Å². The predicted molar refractivity (Wildman–Crippen MR) is 140 cm³/mol. The lowest BCUT2D eigenvalue weighted by molar-refractivity contribution is 0.721. The number of nitrogens with one attached hydrogen (secondary N) is 2. The number of benzene rings is 2. The largest absolute Gasteiger partial charge is 0.382 e. The third-order valence-corrected chi connectivity index (χ3v) is 5.16. The summed E-state index contributed by atoms with van der Waals surface area (Å²) < 4.78 is 1.63. The lowest BCUT2D eigenvalue weighted by Gasteiger charge is -2.13. The Morgan fingerprint density at radius 3 is 2.44 bits per heavy atom. The summed E-state index contributed by atoms with van der Waals surface area (Å²) in [5.41, 5.74) is 10.8. The summed E-state index contributed by atoms with van der Waals surface area (Å²) in [6, 6.07) is 20.2. The van der Waals surface area contributed by atoms with E-state index in [-0.39, 0.29) is 24.0 Å². The monoisotopic (exact) mass is 543 g/mol. The van der Waals surface area contributed by atoms with Gasteiger partial charge in [-0.05, 0) is 42.5 Å². The number of guanidine groups is 1. The molecule has 0 saturated heterocycles. The number of nitriles is 1. The minimum absolute atomic E-state index is 0. The average molecular weight is 543 g/mol. The molecule has 1 aromatic heterocycles. The van der Waals surface area contributed by atoms with Crippen molar-refractivity contribution in [1.29, 1.82) is 5.26 Å². The Hall–Kier alpha value is -3.06. The van der Waals surface area contributed by atoms with Crippen LogP contribution < -0.4 is 16.4 Å². The van der Waals surface area contributed by atoms with Crippen LogP contribution in [0.3, 0.4) is 0 Å². The van der Waals surface area contributed by atoms with E-state index in [4.69, 9.17) is 5.73 Å². The number of halogens is 1. The molecule has 0 atom stereocenters. The zero-order valence-corrected chi connectivity index (χ0v) is 20.8. The molecule has 4 N–H and O–H groups in total. The van der Waals surface area contributed by atoms with Crippen molar-refractivity contribution in [1.82, 2.24) is 20.4 Å². The van der Waals surface area contributed by atoms with Crippen molar-refractivity contribution in [2.45, 2.75) is 32.7 Å². The van der Waals surface area contributed by atoms with Crippen LogP contribution in [0.25, 0.3) is 5.69 Å². The molecular formula is C24H30IN7. The zero-order chi connectivity index (χ0) is 22.1. The second kappa shape index (κ2) is 12.7. The molecule has 0 saturated carbocycles. The van der Waals surface area contributed by atoms with E-state index in [0.29, 0.717) is 30.0 Å². The van der Waals surface area contributed by atoms with E-state index >= 15 is 0 Å². The Morgan fingerprint density at radius 2 is 1.78 bits per heavy atom. The van der Waals surface area contributed by atoms with Gasteiger partial charge in [0.2, 0.25) is 0 Å². The van der Waals surface area contributed by atoms with Crippen LogP contribution in [0, 0.1) is 11.3 Å². The fourth-order valence-corrected chi connectivity index (χ4v) is 3.48. The normalized spacial score (nSPS) is 10.8. The number of hydrogen-bond acceptors (Lipinski definition) is 4. The first kappa shape index (κ1) is 25.2.